The predicted octanol–water partition coefficient (Wildman–Crippen LogP) is 6.93. The molecule has 1 aliphatic heterocycles. The average molecular weight is 507 g/mol. The molecule has 4 aromatic carbocycles. The lowest BCUT2D eigenvalue weighted by Gasteiger charge is -2.39. The molecule has 1 atom stereocenters. The molecule has 0 saturated heterocycles. The van der Waals surface area contributed by atoms with E-state index in [1.165, 1.54) is 23.3 Å². The lowest BCUT2D eigenvalue weighted by molar-refractivity contribution is 0.0691. The van der Waals surface area contributed by atoms with Crippen molar-refractivity contribution in [2.75, 3.05) is 11.4 Å². The van der Waals surface area contributed by atoms with Crippen LogP contribution in [0.5, 0.6) is 5.75 Å². The van der Waals surface area contributed by atoms with Gasteiger partial charge in [-0.1, -0.05) is 48.5 Å². The topological polar surface area (TPSA) is 65.6 Å². The highest BCUT2D eigenvalue weighted by Crippen LogP contribution is 2.38. The van der Waals surface area contributed by atoms with Crippen molar-refractivity contribution in [3.05, 3.63) is 131 Å². The Labute approximate surface area is 220 Å². The highest BCUT2D eigenvalue weighted by molar-refractivity contribution is 5.93. The standard InChI is InChI=1S/C32H27FN2O3/c33-25-8-10-26(11-9-25)35-15-14-23-18-27(38-20-21-4-2-1-3-5-21)12-13-28(23)31(35)17-22-6-7-24-19-30(32(36)37)34-29(24)16-22/h1-13,16,18-19,31,34H,14-15,17,20H2,(H,36,37). The summed E-state index contributed by atoms with van der Waals surface area (Å²) in [6, 6.07) is 30.8. The maximum atomic E-state index is 13.7. The van der Waals surface area contributed by atoms with Gasteiger partial charge in [0.1, 0.15) is 23.9 Å². The Morgan fingerprint density at radius 2 is 1.76 bits per heavy atom. The van der Waals surface area contributed by atoms with Gasteiger partial charge < -0.3 is 19.7 Å². The molecule has 5 aromatic rings. The van der Waals surface area contributed by atoms with E-state index >= 15 is 0 Å². The number of carboxylic acids is 1. The van der Waals surface area contributed by atoms with Crippen LogP contribution in [0.25, 0.3) is 10.9 Å². The molecule has 0 fully saturated rings. The molecule has 1 unspecified atom stereocenters. The van der Waals surface area contributed by atoms with E-state index in [1.54, 1.807) is 6.07 Å². The summed E-state index contributed by atoms with van der Waals surface area (Å²) in [5, 5.41) is 10.2. The maximum Gasteiger partial charge on any atom is 0.352 e. The molecule has 0 radical (unpaired) electrons. The molecule has 5 nitrogen and oxygen atoms in total. The number of aromatic carboxylic acids is 1. The van der Waals surface area contributed by atoms with Crippen LogP contribution in [-0.2, 0) is 19.4 Å². The molecular weight excluding hydrogens is 479 g/mol. The van der Waals surface area contributed by atoms with Crippen molar-refractivity contribution >= 4 is 22.6 Å². The van der Waals surface area contributed by atoms with Crippen molar-refractivity contribution in [1.82, 2.24) is 4.98 Å². The number of ether oxygens (including phenoxy) is 1. The quantitative estimate of drug-likeness (QED) is 0.251. The predicted molar refractivity (Wildman–Crippen MR) is 146 cm³/mol. The molecule has 0 aliphatic carbocycles. The Kier molecular flexibility index (Phi) is 6.30. The van der Waals surface area contributed by atoms with Crippen molar-refractivity contribution in [2.45, 2.75) is 25.5 Å². The molecule has 6 heteroatoms. The number of carboxylic acid groups (broad SMARTS) is 1. The normalized spacial score (nSPS) is 14.9. The number of benzene rings is 4. The van der Waals surface area contributed by atoms with Gasteiger partial charge in [0.25, 0.3) is 0 Å². The summed E-state index contributed by atoms with van der Waals surface area (Å²) in [4.78, 5) is 16.7. The summed E-state index contributed by atoms with van der Waals surface area (Å²) in [5.41, 5.74) is 6.62. The number of aromatic nitrogens is 1. The molecular formula is C32H27FN2O3. The van der Waals surface area contributed by atoms with Gasteiger partial charge in [-0.25, -0.2) is 9.18 Å². The van der Waals surface area contributed by atoms with Gasteiger partial charge in [-0.15, -0.1) is 0 Å². The summed E-state index contributed by atoms with van der Waals surface area (Å²) in [6.45, 7) is 1.30. The Morgan fingerprint density at radius 1 is 0.947 bits per heavy atom. The summed E-state index contributed by atoms with van der Waals surface area (Å²) < 4.78 is 19.8. The zero-order chi connectivity index (χ0) is 26.1. The second-order valence-electron chi connectivity index (χ2n) is 9.68. The van der Waals surface area contributed by atoms with Crippen LogP contribution in [-0.4, -0.2) is 22.6 Å². The first-order valence-corrected chi connectivity index (χ1v) is 12.7. The lowest BCUT2D eigenvalue weighted by Crippen LogP contribution is -2.36. The third kappa shape index (κ3) is 4.85. The van der Waals surface area contributed by atoms with Crippen LogP contribution in [0.3, 0.4) is 0 Å². The Balaban J connectivity index is 1.32. The molecule has 38 heavy (non-hydrogen) atoms. The van der Waals surface area contributed by atoms with Crippen LogP contribution in [0, 0.1) is 5.82 Å². The molecule has 0 spiro atoms. The number of nitrogens with one attached hydrogen (secondary N) is 1. The number of carbonyl (C=O) groups is 1. The van der Waals surface area contributed by atoms with Crippen LogP contribution < -0.4 is 9.64 Å². The number of hydrogen-bond donors (Lipinski definition) is 2. The first-order valence-electron chi connectivity index (χ1n) is 12.7. The summed E-state index contributed by atoms with van der Waals surface area (Å²) in [6.07, 6.45) is 1.56. The van der Waals surface area contributed by atoms with Crippen molar-refractivity contribution in [1.29, 1.82) is 0 Å². The second kappa shape index (κ2) is 10.1. The van der Waals surface area contributed by atoms with Crippen molar-refractivity contribution in [2.24, 2.45) is 0 Å². The molecule has 1 aromatic heterocycles. The van der Waals surface area contributed by atoms with Crippen molar-refractivity contribution in [3.63, 3.8) is 0 Å². The smallest absolute Gasteiger partial charge is 0.352 e. The summed E-state index contributed by atoms with van der Waals surface area (Å²) in [7, 11) is 0. The minimum atomic E-state index is -0.975. The Hall–Kier alpha value is -4.58. The highest BCUT2D eigenvalue weighted by Gasteiger charge is 2.28. The average Bonchev–Trinajstić information content (AvgIpc) is 3.37. The molecule has 2 N–H and O–H groups in total. The number of H-pyrrole nitrogens is 1. The third-order valence-electron chi connectivity index (χ3n) is 7.22. The first kappa shape index (κ1) is 23.8. The minimum absolute atomic E-state index is 0.0266. The van der Waals surface area contributed by atoms with Crippen molar-refractivity contribution in [3.8, 4) is 5.75 Å². The fourth-order valence-electron chi connectivity index (χ4n) is 5.32. The van der Waals surface area contributed by atoms with Gasteiger partial charge in [0.2, 0.25) is 0 Å². The Morgan fingerprint density at radius 3 is 2.55 bits per heavy atom. The zero-order valence-corrected chi connectivity index (χ0v) is 20.7. The number of anilines is 1. The Bertz CT molecular complexity index is 1590. The van der Waals surface area contributed by atoms with E-state index in [-0.39, 0.29) is 17.6 Å². The van der Waals surface area contributed by atoms with E-state index in [0.29, 0.717) is 13.0 Å². The summed E-state index contributed by atoms with van der Waals surface area (Å²) in [5.74, 6) is -0.387. The van der Waals surface area contributed by atoms with Gasteiger partial charge in [-0.3, -0.25) is 0 Å². The number of fused-ring (bicyclic) bond motifs is 2. The number of rotatable bonds is 7. The fourth-order valence-corrected chi connectivity index (χ4v) is 5.32. The monoisotopic (exact) mass is 506 g/mol. The van der Waals surface area contributed by atoms with Gasteiger partial charge in [-0.2, -0.15) is 0 Å². The van der Waals surface area contributed by atoms with E-state index < -0.39 is 5.97 Å². The molecule has 2 heterocycles. The van der Waals surface area contributed by atoms with E-state index in [1.807, 2.05) is 48.5 Å². The zero-order valence-electron chi connectivity index (χ0n) is 20.7. The van der Waals surface area contributed by atoms with Crippen molar-refractivity contribution < 1.29 is 19.0 Å². The molecule has 0 bridgehead atoms. The van der Waals surface area contributed by atoms with Crippen LogP contribution in [0.2, 0.25) is 0 Å². The molecule has 6 rings (SSSR count). The van der Waals surface area contributed by atoms with Gasteiger partial charge in [0, 0.05) is 23.1 Å². The summed E-state index contributed by atoms with van der Waals surface area (Å²) >= 11 is 0. The van der Waals surface area contributed by atoms with Crippen LogP contribution in [0.4, 0.5) is 10.1 Å². The number of nitrogens with zero attached hydrogens (tertiary/aromatic N) is 1. The van der Waals surface area contributed by atoms with Crippen LogP contribution in [0.1, 0.15) is 38.8 Å². The third-order valence-corrected chi connectivity index (χ3v) is 7.22. The molecule has 190 valence electrons. The van der Waals surface area contributed by atoms with E-state index in [2.05, 4.69) is 40.2 Å². The SMILES string of the molecule is O=C(O)c1cc2ccc(CC3c4ccc(OCc5ccccc5)cc4CCN3c3ccc(F)cc3)cc2[nH]1. The number of aromatic amines is 1. The second-order valence-corrected chi connectivity index (χ2v) is 9.68. The number of halogens is 1. The van der Waals surface area contributed by atoms with Gasteiger partial charge in [0.15, 0.2) is 0 Å². The molecule has 0 amide bonds. The van der Waals surface area contributed by atoms with Crippen LogP contribution >= 0.6 is 0 Å². The first-order chi connectivity index (χ1) is 18.5. The van der Waals surface area contributed by atoms with E-state index in [9.17, 15) is 14.3 Å². The maximum absolute atomic E-state index is 13.7. The number of hydrogen-bond acceptors (Lipinski definition) is 3. The van der Waals surface area contributed by atoms with Crippen LogP contribution in [0.15, 0.2) is 97.1 Å². The van der Waals surface area contributed by atoms with E-state index in [4.69, 9.17) is 4.74 Å². The lowest BCUT2D eigenvalue weighted by atomic mass is 9.88. The fraction of sp³-hybridized carbons (Fsp3) is 0.156. The van der Waals surface area contributed by atoms with E-state index in [0.717, 1.165) is 46.4 Å². The molecule has 1 aliphatic rings. The highest BCUT2D eigenvalue weighted by atomic mass is 19.1. The van der Waals surface area contributed by atoms with Gasteiger partial charge in [0.05, 0.1) is 6.04 Å². The minimum Gasteiger partial charge on any atom is -0.489 e. The van der Waals surface area contributed by atoms with Gasteiger partial charge >= 0.3 is 5.97 Å². The van der Waals surface area contributed by atoms with Gasteiger partial charge in [-0.05, 0) is 83.6 Å². The largest absolute Gasteiger partial charge is 0.489 e. The molecule has 0 saturated carbocycles.